The number of benzene rings is 1. The van der Waals surface area contributed by atoms with Gasteiger partial charge < -0.3 is 9.47 Å². The van der Waals surface area contributed by atoms with E-state index in [9.17, 15) is 13.2 Å². The molecular formula is C8H6F3IO2. The Balaban J connectivity index is 2.99. The van der Waals surface area contributed by atoms with Crippen molar-refractivity contribution in [3.63, 3.8) is 0 Å². The molecule has 1 aromatic rings. The van der Waals surface area contributed by atoms with Crippen molar-refractivity contribution >= 4 is 22.6 Å². The SMILES string of the molecule is COc1ccc(I)cc1OC(F)(F)F. The van der Waals surface area contributed by atoms with E-state index >= 15 is 0 Å². The maximum Gasteiger partial charge on any atom is 0.573 e. The van der Waals surface area contributed by atoms with Gasteiger partial charge in [0.05, 0.1) is 7.11 Å². The third kappa shape index (κ3) is 3.24. The molecule has 0 amide bonds. The number of ether oxygens (including phenoxy) is 2. The summed E-state index contributed by atoms with van der Waals surface area (Å²) < 4.78 is 44.9. The van der Waals surface area contributed by atoms with E-state index in [4.69, 9.17) is 4.74 Å². The minimum atomic E-state index is -4.70. The van der Waals surface area contributed by atoms with E-state index in [2.05, 4.69) is 4.74 Å². The summed E-state index contributed by atoms with van der Waals surface area (Å²) in [7, 11) is 1.28. The lowest BCUT2D eigenvalue weighted by molar-refractivity contribution is -0.275. The first-order chi connectivity index (χ1) is 6.42. The summed E-state index contributed by atoms with van der Waals surface area (Å²) in [6.45, 7) is 0. The molecule has 6 heteroatoms. The largest absolute Gasteiger partial charge is 0.573 e. The van der Waals surface area contributed by atoms with Gasteiger partial charge >= 0.3 is 6.36 Å². The zero-order valence-corrected chi connectivity index (χ0v) is 9.22. The van der Waals surface area contributed by atoms with E-state index < -0.39 is 6.36 Å². The van der Waals surface area contributed by atoms with Crippen molar-refractivity contribution in [2.75, 3.05) is 7.11 Å². The molecule has 0 heterocycles. The molecule has 0 aliphatic heterocycles. The standard InChI is InChI=1S/C8H6F3IO2/c1-13-6-3-2-5(12)4-7(6)14-8(9,10)11/h2-4H,1H3. The summed E-state index contributed by atoms with van der Waals surface area (Å²) in [6, 6.07) is 4.30. The Bertz CT molecular complexity index is 325. The lowest BCUT2D eigenvalue weighted by Crippen LogP contribution is -2.17. The molecule has 0 bridgehead atoms. The lowest BCUT2D eigenvalue weighted by Gasteiger charge is -2.12. The molecule has 2 nitrogen and oxygen atoms in total. The van der Waals surface area contributed by atoms with Crippen LogP contribution in [-0.4, -0.2) is 13.5 Å². The molecule has 78 valence electrons. The smallest absolute Gasteiger partial charge is 0.493 e. The van der Waals surface area contributed by atoms with E-state index in [-0.39, 0.29) is 11.5 Å². The highest BCUT2D eigenvalue weighted by molar-refractivity contribution is 14.1. The predicted octanol–water partition coefficient (Wildman–Crippen LogP) is 3.20. The van der Waals surface area contributed by atoms with E-state index in [1.807, 2.05) is 22.6 Å². The van der Waals surface area contributed by atoms with Crippen LogP contribution in [0.1, 0.15) is 0 Å². The van der Waals surface area contributed by atoms with Crippen molar-refractivity contribution < 1.29 is 22.6 Å². The Morgan fingerprint density at radius 3 is 2.36 bits per heavy atom. The van der Waals surface area contributed by atoms with Crippen LogP contribution in [0, 0.1) is 3.57 Å². The van der Waals surface area contributed by atoms with Crippen molar-refractivity contribution in [3.8, 4) is 11.5 Å². The molecule has 0 aromatic heterocycles. The van der Waals surface area contributed by atoms with Crippen LogP contribution >= 0.6 is 22.6 Å². The molecular weight excluding hydrogens is 312 g/mol. The Morgan fingerprint density at radius 1 is 1.21 bits per heavy atom. The van der Waals surface area contributed by atoms with Gasteiger partial charge in [0.1, 0.15) is 0 Å². The van der Waals surface area contributed by atoms with Crippen LogP contribution in [-0.2, 0) is 0 Å². The molecule has 14 heavy (non-hydrogen) atoms. The zero-order valence-electron chi connectivity index (χ0n) is 7.06. The highest BCUT2D eigenvalue weighted by Gasteiger charge is 2.32. The van der Waals surface area contributed by atoms with Crippen molar-refractivity contribution in [1.29, 1.82) is 0 Å². The summed E-state index contributed by atoms with van der Waals surface area (Å²) in [6.07, 6.45) is -4.70. The molecule has 0 unspecified atom stereocenters. The summed E-state index contributed by atoms with van der Waals surface area (Å²) >= 11 is 1.89. The second-order valence-electron chi connectivity index (χ2n) is 2.34. The minimum Gasteiger partial charge on any atom is -0.493 e. The van der Waals surface area contributed by atoms with Gasteiger partial charge in [0, 0.05) is 3.57 Å². The van der Waals surface area contributed by atoms with Gasteiger partial charge in [-0.1, -0.05) is 0 Å². The van der Waals surface area contributed by atoms with Crippen LogP contribution in [0.4, 0.5) is 13.2 Å². The van der Waals surface area contributed by atoms with Gasteiger partial charge in [-0.2, -0.15) is 0 Å². The Hall–Kier alpha value is -0.660. The first-order valence-electron chi connectivity index (χ1n) is 3.51. The minimum absolute atomic E-state index is 0.0581. The second kappa shape index (κ2) is 4.24. The highest BCUT2D eigenvalue weighted by atomic mass is 127. The van der Waals surface area contributed by atoms with E-state index in [1.54, 1.807) is 6.07 Å². The average Bonchev–Trinajstić information content (AvgIpc) is 2.01. The fraction of sp³-hybridized carbons (Fsp3) is 0.250. The number of alkyl halides is 3. The van der Waals surface area contributed by atoms with Crippen molar-refractivity contribution in [3.05, 3.63) is 21.8 Å². The zero-order chi connectivity index (χ0) is 10.8. The molecule has 1 aromatic carbocycles. The molecule has 0 N–H and O–H groups in total. The first kappa shape index (κ1) is 11.4. The topological polar surface area (TPSA) is 18.5 Å². The average molecular weight is 318 g/mol. The molecule has 0 radical (unpaired) electrons. The van der Waals surface area contributed by atoms with Crippen molar-refractivity contribution in [2.24, 2.45) is 0 Å². The molecule has 0 saturated heterocycles. The molecule has 1 rings (SSSR count). The number of hydrogen-bond acceptors (Lipinski definition) is 2. The van der Waals surface area contributed by atoms with Gasteiger partial charge in [0.15, 0.2) is 11.5 Å². The van der Waals surface area contributed by atoms with Gasteiger partial charge in [0.2, 0.25) is 0 Å². The van der Waals surface area contributed by atoms with Crippen molar-refractivity contribution in [1.82, 2.24) is 0 Å². The predicted molar refractivity (Wildman–Crippen MR) is 52.4 cm³/mol. The number of rotatable bonds is 2. The Labute approximate surface area is 92.1 Å². The number of hydrogen-bond donors (Lipinski definition) is 0. The maximum atomic E-state index is 11.9. The van der Waals surface area contributed by atoms with Crippen molar-refractivity contribution in [2.45, 2.75) is 6.36 Å². The fourth-order valence-corrected chi connectivity index (χ4v) is 1.32. The van der Waals surface area contributed by atoms with E-state index in [1.165, 1.54) is 19.2 Å². The van der Waals surface area contributed by atoms with Gasteiger partial charge in [-0.25, -0.2) is 0 Å². The molecule has 0 aliphatic rings. The van der Waals surface area contributed by atoms with Crippen LogP contribution in [0.3, 0.4) is 0 Å². The van der Waals surface area contributed by atoms with Gasteiger partial charge in [0.25, 0.3) is 0 Å². The molecule has 0 saturated carbocycles. The molecule has 0 atom stereocenters. The Morgan fingerprint density at radius 2 is 1.86 bits per heavy atom. The van der Waals surface area contributed by atoms with Gasteiger partial charge in [-0.15, -0.1) is 13.2 Å². The first-order valence-corrected chi connectivity index (χ1v) is 4.59. The summed E-state index contributed by atoms with van der Waals surface area (Å²) in [5.41, 5.74) is 0. The monoisotopic (exact) mass is 318 g/mol. The lowest BCUT2D eigenvalue weighted by atomic mass is 10.3. The quantitative estimate of drug-likeness (QED) is 0.780. The van der Waals surface area contributed by atoms with Gasteiger partial charge in [-0.05, 0) is 40.8 Å². The van der Waals surface area contributed by atoms with Crippen LogP contribution in [0.15, 0.2) is 18.2 Å². The van der Waals surface area contributed by atoms with E-state index in [0.29, 0.717) is 3.57 Å². The molecule has 0 aliphatic carbocycles. The van der Waals surface area contributed by atoms with Crippen LogP contribution in [0.5, 0.6) is 11.5 Å². The molecule has 0 spiro atoms. The number of methoxy groups -OCH3 is 1. The summed E-state index contributed by atoms with van der Waals surface area (Å²) in [4.78, 5) is 0. The number of halogens is 4. The fourth-order valence-electron chi connectivity index (χ4n) is 0.855. The summed E-state index contributed by atoms with van der Waals surface area (Å²) in [5.74, 6) is -0.269. The highest BCUT2D eigenvalue weighted by Crippen LogP contribution is 2.33. The Kier molecular flexibility index (Phi) is 3.46. The molecule has 0 fully saturated rings. The second-order valence-corrected chi connectivity index (χ2v) is 3.59. The third-order valence-corrected chi connectivity index (χ3v) is 2.02. The van der Waals surface area contributed by atoms with E-state index in [0.717, 1.165) is 0 Å². The third-order valence-electron chi connectivity index (χ3n) is 1.35. The van der Waals surface area contributed by atoms with Gasteiger partial charge in [-0.3, -0.25) is 0 Å². The van der Waals surface area contributed by atoms with Crippen LogP contribution < -0.4 is 9.47 Å². The van der Waals surface area contributed by atoms with Crippen LogP contribution in [0.25, 0.3) is 0 Å². The van der Waals surface area contributed by atoms with Crippen LogP contribution in [0.2, 0.25) is 0 Å². The summed E-state index contributed by atoms with van der Waals surface area (Å²) in [5, 5.41) is 0. The maximum absolute atomic E-state index is 11.9. The normalized spacial score (nSPS) is 11.2.